The number of aryl methyl sites for hydroxylation is 2. The number of rotatable bonds is 4. The molecule has 0 saturated heterocycles. The van der Waals surface area contributed by atoms with E-state index in [4.69, 9.17) is 4.74 Å². The Kier molecular flexibility index (Phi) is 4.38. The van der Waals surface area contributed by atoms with Gasteiger partial charge in [-0.05, 0) is 61.1 Å². The highest BCUT2D eigenvalue weighted by Gasteiger charge is 2.11. The molecule has 3 rings (SSSR count). The smallest absolute Gasteiger partial charge is 0.185 e. The predicted octanol–water partition coefficient (Wildman–Crippen LogP) is 4.47. The van der Waals surface area contributed by atoms with Gasteiger partial charge in [0.05, 0.1) is 7.11 Å². The number of para-hydroxylation sites is 1. The van der Waals surface area contributed by atoms with Crippen molar-refractivity contribution in [3.63, 3.8) is 0 Å². The molecule has 0 amide bonds. The Labute approximate surface area is 131 Å². The second-order valence-electron chi connectivity index (χ2n) is 5.63. The van der Waals surface area contributed by atoms with E-state index in [9.17, 15) is 4.79 Å². The molecule has 1 aliphatic rings. The zero-order valence-corrected chi connectivity index (χ0v) is 12.8. The lowest BCUT2D eigenvalue weighted by Crippen LogP contribution is -2.05. The molecule has 2 nitrogen and oxygen atoms in total. The lowest BCUT2D eigenvalue weighted by atomic mass is 9.90. The molecular formula is C20H20O2. The van der Waals surface area contributed by atoms with E-state index in [-0.39, 0.29) is 5.78 Å². The molecule has 0 bridgehead atoms. The molecule has 0 aliphatic heterocycles. The van der Waals surface area contributed by atoms with Crippen LogP contribution in [0.3, 0.4) is 0 Å². The molecule has 0 fully saturated rings. The zero-order valence-electron chi connectivity index (χ0n) is 12.8. The second kappa shape index (κ2) is 6.61. The molecule has 0 spiro atoms. The van der Waals surface area contributed by atoms with Gasteiger partial charge in [0, 0.05) is 11.1 Å². The SMILES string of the molecule is COc1ccccc1/C=C/C(=O)c1ccc2c(c1)CCCC2. The van der Waals surface area contributed by atoms with Crippen LogP contribution in [0.25, 0.3) is 6.08 Å². The Bertz CT molecular complexity index is 713. The van der Waals surface area contributed by atoms with E-state index in [0.29, 0.717) is 0 Å². The first-order valence-corrected chi connectivity index (χ1v) is 7.75. The quantitative estimate of drug-likeness (QED) is 0.614. The highest BCUT2D eigenvalue weighted by Crippen LogP contribution is 2.23. The average molecular weight is 292 g/mol. The first kappa shape index (κ1) is 14.6. The predicted molar refractivity (Wildman–Crippen MR) is 89.4 cm³/mol. The van der Waals surface area contributed by atoms with Crippen LogP contribution in [0.15, 0.2) is 48.5 Å². The molecule has 0 heterocycles. The Morgan fingerprint density at radius 3 is 2.64 bits per heavy atom. The summed E-state index contributed by atoms with van der Waals surface area (Å²) in [6, 6.07) is 13.8. The Morgan fingerprint density at radius 2 is 1.82 bits per heavy atom. The molecule has 0 N–H and O–H groups in total. The highest BCUT2D eigenvalue weighted by atomic mass is 16.5. The third-order valence-electron chi connectivity index (χ3n) is 4.19. The van der Waals surface area contributed by atoms with Crippen molar-refractivity contribution in [3.05, 3.63) is 70.8 Å². The first-order valence-electron chi connectivity index (χ1n) is 7.75. The van der Waals surface area contributed by atoms with E-state index in [0.717, 1.165) is 29.7 Å². The molecule has 0 saturated carbocycles. The number of allylic oxidation sites excluding steroid dienone is 1. The number of fused-ring (bicyclic) bond motifs is 1. The summed E-state index contributed by atoms with van der Waals surface area (Å²) in [5.74, 6) is 0.816. The van der Waals surface area contributed by atoms with Gasteiger partial charge in [0.15, 0.2) is 5.78 Å². The van der Waals surface area contributed by atoms with Crippen LogP contribution in [0.4, 0.5) is 0 Å². The fraction of sp³-hybridized carbons (Fsp3) is 0.250. The Hall–Kier alpha value is -2.35. The maximum Gasteiger partial charge on any atom is 0.185 e. The number of ether oxygens (including phenoxy) is 1. The molecule has 2 aromatic carbocycles. The first-order chi connectivity index (χ1) is 10.8. The second-order valence-corrected chi connectivity index (χ2v) is 5.63. The van der Waals surface area contributed by atoms with Gasteiger partial charge in [-0.3, -0.25) is 4.79 Å². The summed E-state index contributed by atoms with van der Waals surface area (Å²) in [6.07, 6.45) is 8.16. The summed E-state index contributed by atoms with van der Waals surface area (Å²) in [5.41, 5.74) is 4.42. The van der Waals surface area contributed by atoms with Gasteiger partial charge in [0.25, 0.3) is 0 Å². The summed E-state index contributed by atoms with van der Waals surface area (Å²) in [7, 11) is 1.64. The van der Waals surface area contributed by atoms with Crippen molar-refractivity contribution in [1.82, 2.24) is 0 Å². The van der Waals surface area contributed by atoms with Crippen molar-refractivity contribution >= 4 is 11.9 Å². The third kappa shape index (κ3) is 3.11. The van der Waals surface area contributed by atoms with Crippen molar-refractivity contribution in [2.75, 3.05) is 7.11 Å². The van der Waals surface area contributed by atoms with Gasteiger partial charge < -0.3 is 4.74 Å². The van der Waals surface area contributed by atoms with E-state index in [1.165, 1.54) is 24.0 Å². The topological polar surface area (TPSA) is 26.3 Å². The van der Waals surface area contributed by atoms with Gasteiger partial charge in [-0.2, -0.15) is 0 Å². The zero-order chi connectivity index (χ0) is 15.4. The van der Waals surface area contributed by atoms with Crippen LogP contribution >= 0.6 is 0 Å². The third-order valence-corrected chi connectivity index (χ3v) is 4.19. The van der Waals surface area contributed by atoms with Crippen molar-refractivity contribution < 1.29 is 9.53 Å². The van der Waals surface area contributed by atoms with Crippen LogP contribution in [0.5, 0.6) is 5.75 Å². The lowest BCUT2D eigenvalue weighted by Gasteiger charge is -2.15. The van der Waals surface area contributed by atoms with Crippen LogP contribution in [-0.4, -0.2) is 12.9 Å². The number of carbonyl (C=O) groups is 1. The molecule has 0 aromatic heterocycles. The number of methoxy groups -OCH3 is 1. The minimum absolute atomic E-state index is 0.0410. The molecule has 2 heteroatoms. The number of hydrogen-bond acceptors (Lipinski definition) is 2. The Balaban J connectivity index is 1.81. The van der Waals surface area contributed by atoms with E-state index >= 15 is 0 Å². The molecule has 0 atom stereocenters. The van der Waals surface area contributed by atoms with Crippen LogP contribution in [-0.2, 0) is 12.8 Å². The van der Waals surface area contributed by atoms with E-state index in [1.807, 2.05) is 36.4 Å². The fourth-order valence-electron chi connectivity index (χ4n) is 2.95. The van der Waals surface area contributed by atoms with Gasteiger partial charge in [0.2, 0.25) is 0 Å². The van der Waals surface area contributed by atoms with Crippen LogP contribution in [0.2, 0.25) is 0 Å². The standard InChI is InChI=1S/C20H20O2/c1-22-20-9-5-4-7-16(20)12-13-19(21)18-11-10-15-6-2-3-8-17(15)14-18/h4-5,7,9-14H,2-3,6,8H2,1H3/b13-12+. The molecular weight excluding hydrogens is 272 g/mol. The van der Waals surface area contributed by atoms with Crippen LogP contribution < -0.4 is 4.74 Å². The summed E-state index contributed by atoms with van der Waals surface area (Å²) < 4.78 is 5.30. The van der Waals surface area contributed by atoms with Crippen LogP contribution in [0.1, 0.15) is 39.9 Å². The van der Waals surface area contributed by atoms with Crippen molar-refractivity contribution in [2.24, 2.45) is 0 Å². The molecule has 0 unspecified atom stereocenters. The molecule has 2 aromatic rings. The lowest BCUT2D eigenvalue weighted by molar-refractivity contribution is 0.104. The maximum absolute atomic E-state index is 12.4. The van der Waals surface area contributed by atoms with Crippen molar-refractivity contribution in [1.29, 1.82) is 0 Å². The van der Waals surface area contributed by atoms with Gasteiger partial charge in [-0.25, -0.2) is 0 Å². The van der Waals surface area contributed by atoms with E-state index in [2.05, 4.69) is 12.1 Å². The molecule has 22 heavy (non-hydrogen) atoms. The normalized spacial score (nSPS) is 13.9. The monoisotopic (exact) mass is 292 g/mol. The number of carbonyl (C=O) groups excluding carboxylic acids is 1. The number of benzene rings is 2. The molecule has 0 radical (unpaired) electrons. The summed E-state index contributed by atoms with van der Waals surface area (Å²) in [6.45, 7) is 0. The number of hydrogen-bond donors (Lipinski definition) is 0. The highest BCUT2D eigenvalue weighted by molar-refractivity contribution is 6.07. The van der Waals surface area contributed by atoms with E-state index < -0.39 is 0 Å². The van der Waals surface area contributed by atoms with Gasteiger partial charge in [0.1, 0.15) is 5.75 Å². The summed E-state index contributed by atoms with van der Waals surface area (Å²) in [5, 5.41) is 0. The van der Waals surface area contributed by atoms with Crippen LogP contribution in [0, 0.1) is 0 Å². The minimum atomic E-state index is 0.0410. The maximum atomic E-state index is 12.4. The summed E-state index contributed by atoms with van der Waals surface area (Å²) >= 11 is 0. The van der Waals surface area contributed by atoms with Gasteiger partial charge >= 0.3 is 0 Å². The minimum Gasteiger partial charge on any atom is -0.496 e. The molecule has 1 aliphatic carbocycles. The average Bonchev–Trinajstić information content (AvgIpc) is 2.59. The largest absolute Gasteiger partial charge is 0.496 e. The van der Waals surface area contributed by atoms with E-state index in [1.54, 1.807) is 13.2 Å². The molecule has 112 valence electrons. The Morgan fingerprint density at radius 1 is 1.05 bits per heavy atom. The fourth-order valence-corrected chi connectivity index (χ4v) is 2.95. The van der Waals surface area contributed by atoms with Gasteiger partial charge in [-0.1, -0.05) is 30.3 Å². The van der Waals surface area contributed by atoms with Crippen molar-refractivity contribution in [2.45, 2.75) is 25.7 Å². The van der Waals surface area contributed by atoms with Crippen molar-refractivity contribution in [3.8, 4) is 5.75 Å². The van der Waals surface area contributed by atoms with Gasteiger partial charge in [-0.15, -0.1) is 0 Å². The summed E-state index contributed by atoms with van der Waals surface area (Å²) in [4.78, 5) is 12.4. The number of ketones is 1.